The molecule has 2 rings (SSSR count). The summed E-state index contributed by atoms with van der Waals surface area (Å²) in [4.78, 5) is 0. The van der Waals surface area contributed by atoms with Gasteiger partial charge in [-0.3, -0.25) is 0 Å². The summed E-state index contributed by atoms with van der Waals surface area (Å²) in [7, 11) is -2.76. The van der Waals surface area contributed by atoms with Crippen molar-refractivity contribution in [3.05, 3.63) is 0 Å². The van der Waals surface area contributed by atoms with Crippen LogP contribution in [-0.2, 0) is 9.84 Å². The highest BCUT2D eigenvalue weighted by molar-refractivity contribution is 7.91. The van der Waals surface area contributed by atoms with Gasteiger partial charge in [-0.05, 0) is 18.8 Å². The van der Waals surface area contributed by atoms with Gasteiger partial charge in [0.1, 0.15) is 9.84 Å². The van der Waals surface area contributed by atoms with E-state index in [2.05, 4.69) is 5.32 Å². The standard InChI is InChI=1S/C9H17NO3S/c11-9-6-10-5-8(9)7-1-3-14(12,13)4-2-7/h7-11H,1-6H2. The van der Waals surface area contributed by atoms with E-state index in [4.69, 9.17) is 0 Å². The molecule has 0 radical (unpaired) electrons. The first-order chi connectivity index (χ1) is 6.58. The zero-order valence-corrected chi connectivity index (χ0v) is 8.96. The predicted octanol–water partition coefficient (Wildman–Crippen LogP) is -0.608. The number of aliphatic hydroxyl groups excluding tert-OH is 1. The Hall–Kier alpha value is -0.130. The van der Waals surface area contributed by atoms with E-state index in [9.17, 15) is 13.5 Å². The zero-order chi connectivity index (χ0) is 10.2. The summed E-state index contributed by atoms with van der Waals surface area (Å²) in [5, 5.41) is 12.8. The van der Waals surface area contributed by atoms with Gasteiger partial charge in [-0.25, -0.2) is 8.42 Å². The fourth-order valence-electron chi connectivity index (χ4n) is 2.50. The van der Waals surface area contributed by atoms with E-state index in [0.29, 0.717) is 24.0 Å². The Labute approximate surface area is 84.6 Å². The van der Waals surface area contributed by atoms with E-state index in [0.717, 1.165) is 19.4 Å². The van der Waals surface area contributed by atoms with E-state index in [1.165, 1.54) is 0 Å². The second kappa shape index (κ2) is 3.79. The van der Waals surface area contributed by atoms with Gasteiger partial charge in [0.25, 0.3) is 0 Å². The van der Waals surface area contributed by atoms with Gasteiger partial charge in [-0.1, -0.05) is 0 Å². The van der Waals surface area contributed by atoms with Crippen LogP contribution in [0.3, 0.4) is 0 Å². The fraction of sp³-hybridized carbons (Fsp3) is 1.00. The van der Waals surface area contributed by atoms with Crippen molar-refractivity contribution in [2.24, 2.45) is 11.8 Å². The quantitative estimate of drug-likeness (QED) is 0.617. The summed E-state index contributed by atoms with van der Waals surface area (Å²) in [5.74, 6) is 1.27. The van der Waals surface area contributed by atoms with Crippen molar-refractivity contribution in [2.75, 3.05) is 24.6 Å². The summed E-state index contributed by atoms with van der Waals surface area (Å²) in [6, 6.07) is 0. The maximum Gasteiger partial charge on any atom is 0.150 e. The molecular weight excluding hydrogens is 202 g/mol. The van der Waals surface area contributed by atoms with Gasteiger partial charge >= 0.3 is 0 Å². The molecule has 2 atom stereocenters. The monoisotopic (exact) mass is 219 g/mol. The van der Waals surface area contributed by atoms with Crippen LogP contribution < -0.4 is 5.32 Å². The summed E-state index contributed by atoms with van der Waals surface area (Å²) in [6.07, 6.45) is 1.18. The minimum absolute atomic E-state index is 0.269. The van der Waals surface area contributed by atoms with Crippen LogP contribution in [0.2, 0.25) is 0 Å². The van der Waals surface area contributed by atoms with Crippen LogP contribution >= 0.6 is 0 Å². The summed E-state index contributed by atoms with van der Waals surface area (Å²) in [6.45, 7) is 1.50. The van der Waals surface area contributed by atoms with Crippen molar-refractivity contribution in [3.63, 3.8) is 0 Å². The minimum Gasteiger partial charge on any atom is -0.391 e. The number of aliphatic hydroxyl groups is 1. The van der Waals surface area contributed by atoms with Crippen LogP contribution in [0.25, 0.3) is 0 Å². The average Bonchev–Trinajstić information content (AvgIpc) is 2.52. The van der Waals surface area contributed by atoms with E-state index in [-0.39, 0.29) is 12.0 Å². The highest BCUT2D eigenvalue weighted by Crippen LogP contribution is 2.29. The Morgan fingerprint density at radius 1 is 1.14 bits per heavy atom. The van der Waals surface area contributed by atoms with Crippen LogP contribution in [0.1, 0.15) is 12.8 Å². The molecule has 0 bridgehead atoms. The lowest BCUT2D eigenvalue weighted by Gasteiger charge is -2.28. The molecule has 5 heteroatoms. The molecule has 2 heterocycles. The first kappa shape index (κ1) is 10.4. The summed E-state index contributed by atoms with van der Waals surface area (Å²) < 4.78 is 22.4. The molecule has 0 spiro atoms. The van der Waals surface area contributed by atoms with Crippen molar-refractivity contribution >= 4 is 9.84 Å². The highest BCUT2D eigenvalue weighted by Gasteiger charge is 2.35. The number of hydrogen-bond acceptors (Lipinski definition) is 4. The molecule has 82 valence electrons. The number of β-amino-alcohol motifs (C(OH)–C–C–N with tert-alkyl or cyclic N) is 1. The molecule has 4 nitrogen and oxygen atoms in total. The summed E-state index contributed by atoms with van der Waals surface area (Å²) >= 11 is 0. The van der Waals surface area contributed by atoms with Gasteiger partial charge in [0.05, 0.1) is 17.6 Å². The Kier molecular flexibility index (Phi) is 2.81. The molecule has 2 unspecified atom stereocenters. The van der Waals surface area contributed by atoms with Crippen LogP contribution in [-0.4, -0.2) is 44.2 Å². The average molecular weight is 219 g/mol. The fourth-order valence-corrected chi connectivity index (χ4v) is 4.03. The van der Waals surface area contributed by atoms with E-state index >= 15 is 0 Å². The molecule has 0 saturated carbocycles. The van der Waals surface area contributed by atoms with E-state index in [1.54, 1.807) is 0 Å². The molecular formula is C9H17NO3S. The molecule has 0 aromatic rings. The van der Waals surface area contributed by atoms with Crippen molar-refractivity contribution in [1.82, 2.24) is 5.32 Å². The molecule has 2 saturated heterocycles. The van der Waals surface area contributed by atoms with Gasteiger partial charge in [-0.15, -0.1) is 0 Å². The molecule has 0 amide bonds. The summed E-state index contributed by atoms with van der Waals surface area (Å²) in [5.41, 5.74) is 0. The third-order valence-electron chi connectivity index (χ3n) is 3.43. The number of rotatable bonds is 1. The highest BCUT2D eigenvalue weighted by atomic mass is 32.2. The van der Waals surface area contributed by atoms with Crippen molar-refractivity contribution in [2.45, 2.75) is 18.9 Å². The van der Waals surface area contributed by atoms with Gasteiger partial charge in [0, 0.05) is 19.0 Å². The van der Waals surface area contributed by atoms with E-state index in [1.807, 2.05) is 0 Å². The normalized spacial score (nSPS) is 38.6. The minimum atomic E-state index is -2.76. The van der Waals surface area contributed by atoms with Crippen molar-refractivity contribution in [1.29, 1.82) is 0 Å². The van der Waals surface area contributed by atoms with E-state index < -0.39 is 9.84 Å². The largest absolute Gasteiger partial charge is 0.391 e. The molecule has 0 aromatic heterocycles. The Balaban J connectivity index is 1.95. The Morgan fingerprint density at radius 2 is 1.79 bits per heavy atom. The number of nitrogens with one attached hydrogen (secondary N) is 1. The maximum atomic E-state index is 11.2. The van der Waals surface area contributed by atoms with Crippen LogP contribution in [0.15, 0.2) is 0 Å². The molecule has 0 aliphatic carbocycles. The van der Waals surface area contributed by atoms with Gasteiger partial charge in [0.2, 0.25) is 0 Å². The molecule has 2 N–H and O–H groups in total. The maximum absolute atomic E-state index is 11.2. The lowest BCUT2D eigenvalue weighted by molar-refractivity contribution is 0.108. The van der Waals surface area contributed by atoms with Crippen molar-refractivity contribution < 1.29 is 13.5 Å². The second-order valence-electron chi connectivity index (χ2n) is 4.38. The predicted molar refractivity (Wildman–Crippen MR) is 53.7 cm³/mol. The molecule has 2 aliphatic rings. The second-order valence-corrected chi connectivity index (χ2v) is 6.68. The molecule has 14 heavy (non-hydrogen) atoms. The van der Waals surface area contributed by atoms with Crippen LogP contribution in [0, 0.1) is 11.8 Å². The number of hydrogen-bond donors (Lipinski definition) is 2. The van der Waals surface area contributed by atoms with Gasteiger partial charge in [-0.2, -0.15) is 0 Å². The lowest BCUT2D eigenvalue weighted by Crippen LogP contribution is -2.33. The smallest absolute Gasteiger partial charge is 0.150 e. The van der Waals surface area contributed by atoms with Crippen LogP contribution in [0.4, 0.5) is 0 Å². The van der Waals surface area contributed by atoms with Crippen LogP contribution in [0.5, 0.6) is 0 Å². The topological polar surface area (TPSA) is 66.4 Å². The Bertz CT molecular complexity index is 287. The number of sulfone groups is 1. The first-order valence-electron chi connectivity index (χ1n) is 5.18. The third-order valence-corrected chi connectivity index (χ3v) is 5.15. The lowest BCUT2D eigenvalue weighted by atomic mass is 9.85. The zero-order valence-electron chi connectivity index (χ0n) is 8.15. The molecule has 0 aromatic carbocycles. The SMILES string of the molecule is O=S1(=O)CCC(C2CNCC2O)CC1. The Morgan fingerprint density at radius 3 is 2.29 bits per heavy atom. The van der Waals surface area contributed by atoms with Gasteiger partial charge in [0.15, 0.2) is 0 Å². The van der Waals surface area contributed by atoms with Gasteiger partial charge < -0.3 is 10.4 Å². The molecule has 2 fully saturated rings. The molecule has 2 aliphatic heterocycles. The van der Waals surface area contributed by atoms with Crippen molar-refractivity contribution in [3.8, 4) is 0 Å². The third kappa shape index (κ3) is 2.10. The first-order valence-corrected chi connectivity index (χ1v) is 7.00.